The van der Waals surface area contributed by atoms with E-state index in [0.29, 0.717) is 18.1 Å². The minimum absolute atomic E-state index is 0.141. The van der Waals surface area contributed by atoms with Crippen LogP contribution in [-0.4, -0.2) is 16.9 Å². The van der Waals surface area contributed by atoms with Crippen molar-refractivity contribution in [1.82, 2.24) is 0 Å². The highest BCUT2D eigenvalue weighted by atomic mass is 16.4. The van der Waals surface area contributed by atoms with Gasteiger partial charge in [0.1, 0.15) is 5.78 Å². The maximum atomic E-state index is 12.4. The highest BCUT2D eigenvalue weighted by Gasteiger charge is 2.32. The second-order valence-corrected chi connectivity index (χ2v) is 8.63. The third-order valence-electron chi connectivity index (χ3n) is 6.74. The van der Waals surface area contributed by atoms with Gasteiger partial charge in [0.15, 0.2) is 0 Å². The fourth-order valence-corrected chi connectivity index (χ4v) is 5.18. The molecular formula is C26H30O3. The predicted octanol–water partition coefficient (Wildman–Crippen LogP) is 5.97. The quantitative estimate of drug-likeness (QED) is 0.537. The second-order valence-electron chi connectivity index (χ2n) is 8.63. The molecule has 1 saturated carbocycles. The van der Waals surface area contributed by atoms with Gasteiger partial charge in [-0.1, -0.05) is 61.7 Å². The molecule has 0 saturated heterocycles. The van der Waals surface area contributed by atoms with Crippen LogP contribution in [0.2, 0.25) is 0 Å². The van der Waals surface area contributed by atoms with Crippen LogP contribution >= 0.6 is 0 Å². The minimum atomic E-state index is -0.718. The molecule has 0 aromatic heterocycles. The number of carboxylic acid groups (broad SMARTS) is 1. The Morgan fingerprint density at radius 3 is 2.62 bits per heavy atom. The molecular weight excluding hydrogens is 360 g/mol. The van der Waals surface area contributed by atoms with Gasteiger partial charge in [-0.15, -0.1) is 0 Å². The average Bonchev–Trinajstić information content (AvgIpc) is 3.29. The smallest absolute Gasteiger partial charge is 0.303 e. The molecule has 0 bridgehead atoms. The van der Waals surface area contributed by atoms with E-state index >= 15 is 0 Å². The third-order valence-corrected chi connectivity index (χ3v) is 6.74. The first-order valence-corrected chi connectivity index (χ1v) is 11.1. The largest absolute Gasteiger partial charge is 0.481 e. The van der Waals surface area contributed by atoms with Crippen molar-refractivity contribution in [3.8, 4) is 0 Å². The number of carbonyl (C=O) groups excluding carboxylic acids is 1. The Morgan fingerprint density at radius 1 is 1.00 bits per heavy atom. The first-order chi connectivity index (χ1) is 14.1. The van der Waals surface area contributed by atoms with E-state index < -0.39 is 5.97 Å². The molecule has 152 valence electrons. The molecule has 0 aliphatic heterocycles. The molecule has 2 aliphatic carbocycles. The van der Waals surface area contributed by atoms with Gasteiger partial charge in [-0.3, -0.25) is 9.59 Å². The number of carbonyl (C=O) groups is 2. The SMILES string of the molecule is O=C(O)CCCCCC[C@@H]1C(=O)CC[C@H]1C=Cc1ccc2c3c(cccc13)CC2. The molecule has 2 aromatic carbocycles. The van der Waals surface area contributed by atoms with Gasteiger partial charge < -0.3 is 5.11 Å². The summed E-state index contributed by atoms with van der Waals surface area (Å²) in [7, 11) is 0. The Kier molecular flexibility index (Phi) is 6.13. The fraction of sp³-hybridized carbons (Fsp3) is 0.462. The zero-order valence-corrected chi connectivity index (χ0v) is 17.0. The summed E-state index contributed by atoms with van der Waals surface area (Å²) in [5, 5.41) is 11.5. The van der Waals surface area contributed by atoms with Crippen molar-refractivity contribution in [3.63, 3.8) is 0 Å². The lowest BCUT2D eigenvalue weighted by atomic mass is 9.89. The van der Waals surface area contributed by atoms with Crippen molar-refractivity contribution in [3.05, 3.63) is 53.1 Å². The van der Waals surface area contributed by atoms with E-state index in [9.17, 15) is 9.59 Å². The third kappa shape index (κ3) is 4.44. The molecule has 0 unspecified atom stereocenters. The number of hydrogen-bond acceptors (Lipinski definition) is 2. The van der Waals surface area contributed by atoms with Gasteiger partial charge in [0.25, 0.3) is 0 Å². The van der Waals surface area contributed by atoms with Gasteiger partial charge in [-0.05, 0) is 65.5 Å². The molecule has 3 nitrogen and oxygen atoms in total. The second kappa shape index (κ2) is 8.94. The van der Waals surface area contributed by atoms with Crippen LogP contribution in [0, 0.1) is 11.8 Å². The topological polar surface area (TPSA) is 54.4 Å². The van der Waals surface area contributed by atoms with E-state index in [1.54, 1.807) is 0 Å². The number of carboxylic acids is 1. The van der Waals surface area contributed by atoms with Crippen molar-refractivity contribution in [2.75, 3.05) is 0 Å². The monoisotopic (exact) mass is 390 g/mol. The van der Waals surface area contributed by atoms with E-state index in [1.807, 2.05) is 0 Å². The highest BCUT2D eigenvalue weighted by molar-refractivity contribution is 5.96. The van der Waals surface area contributed by atoms with Crippen LogP contribution in [0.5, 0.6) is 0 Å². The van der Waals surface area contributed by atoms with Gasteiger partial charge in [-0.25, -0.2) is 0 Å². The van der Waals surface area contributed by atoms with Crippen LogP contribution in [0.25, 0.3) is 16.8 Å². The number of unbranched alkanes of at least 4 members (excludes halogenated alkanes) is 3. The predicted molar refractivity (Wildman–Crippen MR) is 117 cm³/mol. The van der Waals surface area contributed by atoms with E-state index in [-0.39, 0.29) is 12.3 Å². The molecule has 2 aromatic rings. The lowest BCUT2D eigenvalue weighted by Gasteiger charge is -2.15. The van der Waals surface area contributed by atoms with E-state index in [1.165, 1.54) is 27.5 Å². The maximum absolute atomic E-state index is 12.4. The molecule has 0 amide bonds. The number of rotatable bonds is 9. The highest BCUT2D eigenvalue weighted by Crippen LogP contribution is 2.36. The van der Waals surface area contributed by atoms with Crippen molar-refractivity contribution in [2.45, 2.75) is 64.2 Å². The Bertz CT molecular complexity index is 930. The van der Waals surface area contributed by atoms with E-state index in [2.05, 4.69) is 42.5 Å². The summed E-state index contributed by atoms with van der Waals surface area (Å²) >= 11 is 0. The van der Waals surface area contributed by atoms with Crippen molar-refractivity contribution in [2.24, 2.45) is 11.8 Å². The van der Waals surface area contributed by atoms with Crippen molar-refractivity contribution >= 4 is 28.6 Å². The summed E-state index contributed by atoms with van der Waals surface area (Å²) < 4.78 is 0. The molecule has 2 aliphatic rings. The molecule has 1 N–H and O–H groups in total. The minimum Gasteiger partial charge on any atom is -0.481 e. The standard InChI is InChI=1S/C26H30O3/c27-24-17-16-18(22(24)7-3-1-2-4-9-25(28)29)10-11-19-12-13-21-15-14-20-6-5-8-23(19)26(20)21/h5-6,8,10-13,18,22H,1-4,7,9,14-17H2,(H,28,29)/t18-,22+/m1/s1. The van der Waals surface area contributed by atoms with Gasteiger partial charge >= 0.3 is 5.97 Å². The number of benzene rings is 2. The van der Waals surface area contributed by atoms with E-state index in [4.69, 9.17) is 5.11 Å². The summed E-state index contributed by atoms with van der Waals surface area (Å²) in [5.41, 5.74) is 4.19. The average molecular weight is 391 g/mol. The number of allylic oxidation sites excluding steroid dienone is 1. The number of ketones is 1. The Balaban J connectivity index is 1.39. The van der Waals surface area contributed by atoms with Crippen molar-refractivity contribution < 1.29 is 14.7 Å². The van der Waals surface area contributed by atoms with E-state index in [0.717, 1.165) is 51.4 Å². The normalized spacial score (nSPS) is 20.9. The lowest BCUT2D eigenvalue weighted by molar-refractivity contribution is -0.137. The first kappa shape index (κ1) is 19.9. The molecule has 3 heteroatoms. The Labute approximate surface area is 172 Å². The number of hydrogen-bond donors (Lipinski definition) is 1. The lowest BCUT2D eigenvalue weighted by Crippen LogP contribution is -2.13. The number of aliphatic carboxylic acids is 1. The van der Waals surface area contributed by atoms with Gasteiger partial charge in [-0.2, -0.15) is 0 Å². The molecule has 0 radical (unpaired) electrons. The zero-order valence-electron chi connectivity index (χ0n) is 17.0. The van der Waals surface area contributed by atoms with Crippen LogP contribution in [0.4, 0.5) is 0 Å². The Hall–Kier alpha value is -2.42. The van der Waals surface area contributed by atoms with Gasteiger partial charge in [0.05, 0.1) is 0 Å². The summed E-state index contributed by atoms with van der Waals surface area (Å²) in [4.78, 5) is 23.0. The summed E-state index contributed by atoms with van der Waals surface area (Å²) in [5.74, 6) is 0.168. The maximum Gasteiger partial charge on any atom is 0.303 e. The summed E-state index contributed by atoms with van der Waals surface area (Å²) in [6, 6.07) is 11.1. The molecule has 0 spiro atoms. The summed E-state index contributed by atoms with van der Waals surface area (Å²) in [6.45, 7) is 0. The van der Waals surface area contributed by atoms with Crippen LogP contribution in [0.1, 0.15) is 68.1 Å². The number of aryl methyl sites for hydroxylation is 2. The van der Waals surface area contributed by atoms with Crippen molar-refractivity contribution in [1.29, 1.82) is 0 Å². The van der Waals surface area contributed by atoms with Crippen LogP contribution in [0.3, 0.4) is 0 Å². The molecule has 2 atom stereocenters. The van der Waals surface area contributed by atoms with Gasteiger partial charge in [0.2, 0.25) is 0 Å². The fourth-order valence-electron chi connectivity index (χ4n) is 5.18. The Morgan fingerprint density at radius 2 is 1.79 bits per heavy atom. The number of Topliss-reactive ketones (excluding diaryl/α,β-unsaturated/α-hetero) is 1. The molecule has 1 fully saturated rings. The van der Waals surface area contributed by atoms with Crippen LogP contribution < -0.4 is 0 Å². The zero-order chi connectivity index (χ0) is 20.2. The summed E-state index contributed by atoms with van der Waals surface area (Å²) in [6.07, 6.45) is 13.4. The molecule has 29 heavy (non-hydrogen) atoms. The van der Waals surface area contributed by atoms with Crippen LogP contribution in [0.15, 0.2) is 36.4 Å². The van der Waals surface area contributed by atoms with Crippen LogP contribution in [-0.2, 0) is 22.4 Å². The van der Waals surface area contributed by atoms with Gasteiger partial charge in [0, 0.05) is 18.8 Å². The first-order valence-electron chi connectivity index (χ1n) is 11.1. The molecule has 0 heterocycles. The molecule has 4 rings (SSSR count).